The Labute approximate surface area is 120 Å². The fourth-order valence-corrected chi connectivity index (χ4v) is 2.80. The van der Waals surface area contributed by atoms with Crippen molar-refractivity contribution in [2.24, 2.45) is 5.73 Å². The van der Waals surface area contributed by atoms with Crippen molar-refractivity contribution in [3.8, 4) is 5.75 Å². The van der Waals surface area contributed by atoms with Crippen molar-refractivity contribution in [1.29, 1.82) is 0 Å². The Balaban J connectivity index is 1.99. The topological polar surface area (TPSA) is 38.5 Å². The van der Waals surface area contributed by atoms with E-state index in [9.17, 15) is 4.39 Å². The second kappa shape index (κ2) is 6.55. The van der Waals surface area contributed by atoms with Crippen LogP contribution in [0.5, 0.6) is 5.75 Å². The molecule has 0 bridgehead atoms. The molecule has 0 amide bonds. The van der Waals surface area contributed by atoms with Gasteiger partial charge in [0, 0.05) is 17.6 Å². The third-order valence-electron chi connectivity index (χ3n) is 4.16. The minimum absolute atomic E-state index is 0.222. The number of rotatable bonds is 5. The van der Waals surface area contributed by atoms with Gasteiger partial charge in [-0.1, -0.05) is 0 Å². The predicted octanol–water partition coefficient (Wildman–Crippen LogP) is 3.02. The molecule has 1 aliphatic heterocycles. The SMILES string of the molecule is Cc1cc(OCCC2CCCN2C)c([C@@H](C)N)cc1F. The van der Waals surface area contributed by atoms with Gasteiger partial charge in [0.25, 0.3) is 0 Å². The lowest BCUT2D eigenvalue weighted by atomic mass is 10.0. The first-order chi connectivity index (χ1) is 9.49. The summed E-state index contributed by atoms with van der Waals surface area (Å²) in [6, 6.07) is 3.63. The van der Waals surface area contributed by atoms with E-state index < -0.39 is 0 Å². The van der Waals surface area contributed by atoms with E-state index in [-0.39, 0.29) is 11.9 Å². The van der Waals surface area contributed by atoms with E-state index in [2.05, 4.69) is 11.9 Å². The summed E-state index contributed by atoms with van der Waals surface area (Å²) in [7, 11) is 2.16. The Morgan fingerprint density at radius 2 is 2.25 bits per heavy atom. The lowest BCUT2D eigenvalue weighted by molar-refractivity contribution is 0.231. The highest BCUT2D eigenvalue weighted by atomic mass is 19.1. The van der Waals surface area contributed by atoms with Crippen LogP contribution in [0.3, 0.4) is 0 Å². The van der Waals surface area contributed by atoms with Crippen molar-refractivity contribution in [1.82, 2.24) is 4.90 Å². The number of nitrogens with zero attached hydrogens (tertiary/aromatic N) is 1. The highest BCUT2D eigenvalue weighted by Crippen LogP contribution is 2.28. The summed E-state index contributed by atoms with van der Waals surface area (Å²) < 4.78 is 19.5. The second-order valence-electron chi connectivity index (χ2n) is 5.84. The smallest absolute Gasteiger partial charge is 0.126 e. The van der Waals surface area contributed by atoms with E-state index in [1.807, 2.05) is 6.92 Å². The maximum Gasteiger partial charge on any atom is 0.126 e. The van der Waals surface area contributed by atoms with Crippen LogP contribution >= 0.6 is 0 Å². The van der Waals surface area contributed by atoms with Crippen molar-refractivity contribution in [3.63, 3.8) is 0 Å². The Hall–Kier alpha value is -1.13. The Kier molecular flexibility index (Phi) is 5.00. The highest BCUT2D eigenvalue weighted by molar-refractivity contribution is 5.39. The van der Waals surface area contributed by atoms with Crippen molar-refractivity contribution >= 4 is 0 Å². The Bertz CT molecular complexity index is 462. The molecule has 1 saturated heterocycles. The van der Waals surface area contributed by atoms with E-state index in [0.717, 1.165) is 17.7 Å². The lowest BCUT2D eigenvalue weighted by Crippen LogP contribution is -2.26. The van der Waals surface area contributed by atoms with Gasteiger partial charge in [-0.15, -0.1) is 0 Å². The Morgan fingerprint density at radius 3 is 2.85 bits per heavy atom. The summed E-state index contributed by atoms with van der Waals surface area (Å²) >= 11 is 0. The van der Waals surface area contributed by atoms with Gasteiger partial charge in [0.1, 0.15) is 11.6 Å². The maximum atomic E-state index is 13.6. The molecule has 0 radical (unpaired) electrons. The summed E-state index contributed by atoms with van der Waals surface area (Å²) in [4.78, 5) is 2.38. The van der Waals surface area contributed by atoms with E-state index in [1.54, 1.807) is 13.0 Å². The zero-order chi connectivity index (χ0) is 14.7. The van der Waals surface area contributed by atoms with Crippen LogP contribution in [0.4, 0.5) is 4.39 Å². The third kappa shape index (κ3) is 3.49. The molecule has 0 saturated carbocycles. The molecule has 1 fully saturated rings. The predicted molar refractivity (Wildman–Crippen MR) is 79.5 cm³/mol. The molecule has 2 N–H and O–H groups in total. The fourth-order valence-electron chi connectivity index (χ4n) is 2.80. The first-order valence-corrected chi connectivity index (χ1v) is 7.37. The molecule has 0 spiro atoms. The van der Waals surface area contributed by atoms with E-state index in [0.29, 0.717) is 18.2 Å². The zero-order valence-corrected chi connectivity index (χ0v) is 12.7. The largest absolute Gasteiger partial charge is 0.493 e. The van der Waals surface area contributed by atoms with E-state index in [4.69, 9.17) is 10.5 Å². The number of halogens is 1. The van der Waals surface area contributed by atoms with Crippen LogP contribution in [-0.4, -0.2) is 31.1 Å². The number of hydrogen-bond donors (Lipinski definition) is 1. The molecule has 112 valence electrons. The number of benzene rings is 1. The van der Waals surface area contributed by atoms with E-state index >= 15 is 0 Å². The molecular weight excluding hydrogens is 255 g/mol. The van der Waals surface area contributed by atoms with Crippen molar-refractivity contribution < 1.29 is 9.13 Å². The first kappa shape index (κ1) is 15.3. The minimum atomic E-state index is -0.228. The molecule has 1 aromatic rings. The molecule has 1 aromatic carbocycles. The second-order valence-corrected chi connectivity index (χ2v) is 5.84. The van der Waals surface area contributed by atoms with Crippen molar-refractivity contribution in [3.05, 3.63) is 29.1 Å². The van der Waals surface area contributed by atoms with Crippen LogP contribution in [-0.2, 0) is 0 Å². The fraction of sp³-hybridized carbons (Fsp3) is 0.625. The number of ether oxygens (including phenoxy) is 1. The summed E-state index contributed by atoms with van der Waals surface area (Å²) in [5.74, 6) is 0.500. The molecule has 3 nitrogen and oxygen atoms in total. The molecule has 1 aliphatic rings. The Morgan fingerprint density at radius 1 is 1.50 bits per heavy atom. The number of hydrogen-bond acceptors (Lipinski definition) is 3. The van der Waals surface area contributed by atoms with Gasteiger partial charge >= 0.3 is 0 Å². The van der Waals surface area contributed by atoms with Gasteiger partial charge in [0.05, 0.1) is 6.61 Å². The molecule has 2 rings (SSSR count). The molecular formula is C16H25FN2O. The van der Waals surface area contributed by atoms with Crippen LogP contribution in [0.2, 0.25) is 0 Å². The molecule has 20 heavy (non-hydrogen) atoms. The van der Waals surface area contributed by atoms with Crippen LogP contribution in [0.15, 0.2) is 12.1 Å². The monoisotopic (exact) mass is 280 g/mol. The average Bonchev–Trinajstić information content (AvgIpc) is 2.79. The van der Waals surface area contributed by atoms with Gasteiger partial charge in [-0.05, 0) is 64.4 Å². The minimum Gasteiger partial charge on any atom is -0.493 e. The molecule has 0 aliphatic carbocycles. The summed E-state index contributed by atoms with van der Waals surface area (Å²) in [6.45, 7) is 5.42. The normalized spacial score (nSPS) is 21.1. The number of aryl methyl sites for hydroxylation is 1. The highest BCUT2D eigenvalue weighted by Gasteiger charge is 2.20. The molecule has 4 heteroatoms. The quantitative estimate of drug-likeness (QED) is 0.901. The van der Waals surface area contributed by atoms with Gasteiger partial charge < -0.3 is 15.4 Å². The third-order valence-corrected chi connectivity index (χ3v) is 4.16. The van der Waals surface area contributed by atoms with E-state index in [1.165, 1.54) is 25.5 Å². The summed E-state index contributed by atoms with van der Waals surface area (Å²) in [5.41, 5.74) is 7.24. The van der Waals surface area contributed by atoms with Crippen LogP contribution in [0.25, 0.3) is 0 Å². The number of likely N-dealkylation sites (tertiary alicyclic amines) is 1. The standard InChI is InChI=1S/C16H25FN2O/c1-11-9-16(14(12(2)18)10-15(11)17)20-8-6-13-5-4-7-19(13)3/h9-10,12-13H,4-8,18H2,1-3H3/t12-,13?/m1/s1. The first-order valence-electron chi connectivity index (χ1n) is 7.37. The van der Waals surface area contributed by atoms with Crippen LogP contribution in [0, 0.1) is 12.7 Å². The van der Waals surface area contributed by atoms with Gasteiger partial charge in [-0.25, -0.2) is 4.39 Å². The van der Waals surface area contributed by atoms with Gasteiger partial charge in [-0.2, -0.15) is 0 Å². The lowest BCUT2D eigenvalue weighted by Gasteiger charge is -2.20. The van der Waals surface area contributed by atoms with Gasteiger partial charge in [-0.3, -0.25) is 0 Å². The molecule has 0 aromatic heterocycles. The van der Waals surface area contributed by atoms with Crippen molar-refractivity contribution in [2.75, 3.05) is 20.2 Å². The van der Waals surface area contributed by atoms with Gasteiger partial charge in [0.15, 0.2) is 0 Å². The van der Waals surface area contributed by atoms with Crippen molar-refractivity contribution in [2.45, 2.75) is 45.2 Å². The maximum absolute atomic E-state index is 13.6. The molecule has 1 unspecified atom stereocenters. The zero-order valence-electron chi connectivity index (χ0n) is 12.7. The summed E-state index contributed by atoms with van der Waals surface area (Å²) in [6.07, 6.45) is 3.51. The summed E-state index contributed by atoms with van der Waals surface area (Å²) in [5, 5.41) is 0. The van der Waals surface area contributed by atoms with Crippen LogP contribution < -0.4 is 10.5 Å². The number of nitrogens with two attached hydrogens (primary N) is 1. The molecule has 1 heterocycles. The van der Waals surface area contributed by atoms with Crippen LogP contribution in [0.1, 0.15) is 43.4 Å². The van der Waals surface area contributed by atoms with Gasteiger partial charge in [0.2, 0.25) is 0 Å². The average molecular weight is 280 g/mol. The molecule has 2 atom stereocenters.